The summed E-state index contributed by atoms with van der Waals surface area (Å²) in [5, 5.41) is 9.99. The topological polar surface area (TPSA) is 37.3 Å². The Bertz CT molecular complexity index is 337. The van der Waals surface area contributed by atoms with Gasteiger partial charge in [-0.2, -0.15) is 0 Å². The molecule has 2 heteroatoms. The summed E-state index contributed by atoms with van der Waals surface area (Å²) >= 11 is 0. The molecule has 0 saturated heterocycles. The minimum Gasteiger partial charge on any atom is -0.390 e. The van der Waals surface area contributed by atoms with Gasteiger partial charge in [0.2, 0.25) is 0 Å². The van der Waals surface area contributed by atoms with E-state index in [0.717, 1.165) is 44.1 Å². The highest BCUT2D eigenvalue weighted by molar-refractivity contribution is 5.88. The first-order chi connectivity index (χ1) is 9.30. The second-order valence-corrected chi connectivity index (χ2v) is 6.15. The first-order valence-corrected chi connectivity index (χ1v) is 7.88. The molecular weight excluding hydrogens is 248 g/mol. The number of rotatable bonds is 10. The quantitative estimate of drug-likeness (QED) is 0.460. The maximum absolute atomic E-state index is 10.9. The van der Waals surface area contributed by atoms with Gasteiger partial charge in [-0.3, -0.25) is 4.79 Å². The summed E-state index contributed by atoms with van der Waals surface area (Å²) in [6, 6.07) is 0. The summed E-state index contributed by atoms with van der Waals surface area (Å²) in [5.41, 5.74) is 0.510. The molecule has 0 rings (SSSR count). The first-order valence-electron chi connectivity index (χ1n) is 7.88. The highest BCUT2D eigenvalue weighted by atomic mass is 16.3. The fourth-order valence-electron chi connectivity index (χ4n) is 2.25. The van der Waals surface area contributed by atoms with Crippen LogP contribution in [0.15, 0.2) is 23.8 Å². The minimum atomic E-state index is -0.505. The molecule has 0 aromatic heterocycles. The molecule has 0 aliphatic rings. The Morgan fingerprint density at radius 1 is 1.30 bits per heavy atom. The molecule has 0 aromatic rings. The fourth-order valence-corrected chi connectivity index (χ4v) is 2.25. The molecule has 0 aromatic carbocycles. The van der Waals surface area contributed by atoms with Crippen molar-refractivity contribution in [3.63, 3.8) is 0 Å². The lowest BCUT2D eigenvalue weighted by atomic mass is 9.90. The average Bonchev–Trinajstić information content (AvgIpc) is 2.36. The van der Waals surface area contributed by atoms with Crippen molar-refractivity contribution in [2.75, 3.05) is 0 Å². The van der Waals surface area contributed by atoms with Gasteiger partial charge in [-0.25, -0.2) is 0 Å². The van der Waals surface area contributed by atoms with E-state index in [1.54, 1.807) is 13.0 Å². The number of allylic oxidation sites excluding steroid dienone is 4. The molecule has 0 bridgehead atoms. The van der Waals surface area contributed by atoms with E-state index >= 15 is 0 Å². The van der Waals surface area contributed by atoms with Gasteiger partial charge >= 0.3 is 0 Å². The van der Waals surface area contributed by atoms with Crippen LogP contribution < -0.4 is 0 Å². The zero-order valence-electron chi connectivity index (χ0n) is 13.9. The predicted molar refractivity (Wildman–Crippen MR) is 86.7 cm³/mol. The van der Waals surface area contributed by atoms with Gasteiger partial charge in [0, 0.05) is 0 Å². The Morgan fingerprint density at radius 3 is 2.45 bits per heavy atom. The van der Waals surface area contributed by atoms with Crippen LogP contribution in [-0.4, -0.2) is 16.5 Å². The molecule has 0 aliphatic heterocycles. The summed E-state index contributed by atoms with van der Waals surface area (Å²) in [5.74, 6) is 0.769. The summed E-state index contributed by atoms with van der Waals surface area (Å²) in [6.45, 7) is 9.70. The fraction of sp³-hybridized carbons (Fsp3) is 0.722. The van der Waals surface area contributed by atoms with E-state index in [9.17, 15) is 9.90 Å². The standard InChI is InChI=1S/C18H32O2/c1-6-17(12-9-13-18(5,20)7-2)11-8-10-15(3)14-16(4)19/h8,10,14,17,20H,6-7,9,11-13H2,1-5H3/b10-8+,15-14+. The van der Waals surface area contributed by atoms with Gasteiger partial charge in [0.05, 0.1) is 5.60 Å². The number of ketones is 1. The number of carbonyl (C=O) groups excluding carboxylic acids is 1. The van der Waals surface area contributed by atoms with Crippen LogP contribution in [-0.2, 0) is 4.79 Å². The summed E-state index contributed by atoms with van der Waals surface area (Å²) in [6.07, 6.45) is 12.0. The third kappa shape index (κ3) is 9.96. The third-order valence-electron chi connectivity index (χ3n) is 3.95. The molecule has 2 unspecified atom stereocenters. The van der Waals surface area contributed by atoms with Crippen LogP contribution in [0.5, 0.6) is 0 Å². The molecule has 0 radical (unpaired) electrons. The monoisotopic (exact) mass is 280 g/mol. The van der Waals surface area contributed by atoms with E-state index in [2.05, 4.69) is 13.0 Å². The van der Waals surface area contributed by atoms with Crippen molar-refractivity contribution >= 4 is 5.78 Å². The zero-order valence-corrected chi connectivity index (χ0v) is 13.9. The van der Waals surface area contributed by atoms with E-state index in [-0.39, 0.29) is 5.78 Å². The molecule has 0 heterocycles. The second kappa shape index (κ2) is 9.93. The predicted octanol–water partition coefficient (Wildman–Crippen LogP) is 4.83. The Labute approximate surface area is 125 Å². The van der Waals surface area contributed by atoms with Gasteiger partial charge in [0.25, 0.3) is 0 Å². The molecule has 0 saturated carbocycles. The van der Waals surface area contributed by atoms with E-state index in [0.29, 0.717) is 5.92 Å². The van der Waals surface area contributed by atoms with Crippen LogP contribution in [0.3, 0.4) is 0 Å². The smallest absolute Gasteiger partial charge is 0.152 e. The molecule has 20 heavy (non-hydrogen) atoms. The Hall–Kier alpha value is -0.890. The van der Waals surface area contributed by atoms with Crippen molar-refractivity contribution in [2.45, 2.75) is 78.7 Å². The minimum absolute atomic E-state index is 0.0981. The molecule has 0 aliphatic carbocycles. The third-order valence-corrected chi connectivity index (χ3v) is 3.95. The summed E-state index contributed by atoms with van der Waals surface area (Å²) < 4.78 is 0. The lowest BCUT2D eigenvalue weighted by Crippen LogP contribution is -2.22. The summed E-state index contributed by atoms with van der Waals surface area (Å²) in [4.78, 5) is 10.9. The van der Waals surface area contributed by atoms with Crippen LogP contribution in [0.2, 0.25) is 0 Å². The molecule has 2 nitrogen and oxygen atoms in total. The van der Waals surface area contributed by atoms with Gasteiger partial charge < -0.3 is 5.11 Å². The molecule has 1 N–H and O–H groups in total. The van der Waals surface area contributed by atoms with Crippen molar-refractivity contribution in [3.8, 4) is 0 Å². The van der Waals surface area contributed by atoms with E-state index in [1.165, 1.54) is 0 Å². The van der Waals surface area contributed by atoms with Crippen molar-refractivity contribution in [1.82, 2.24) is 0 Å². The van der Waals surface area contributed by atoms with Gasteiger partial charge in [-0.15, -0.1) is 0 Å². The maximum atomic E-state index is 10.9. The largest absolute Gasteiger partial charge is 0.390 e. The number of hydrogen-bond acceptors (Lipinski definition) is 2. The molecular formula is C18H32O2. The van der Waals surface area contributed by atoms with Crippen molar-refractivity contribution in [2.24, 2.45) is 5.92 Å². The van der Waals surface area contributed by atoms with Crippen molar-refractivity contribution in [1.29, 1.82) is 0 Å². The van der Waals surface area contributed by atoms with Crippen LogP contribution in [0.1, 0.15) is 73.1 Å². The van der Waals surface area contributed by atoms with Crippen LogP contribution in [0.25, 0.3) is 0 Å². The van der Waals surface area contributed by atoms with E-state index in [1.807, 2.05) is 26.8 Å². The lowest BCUT2D eigenvalue weighted by molar-refractivity contribution is -0.112. The Kier molecular flexibility index (Phi) is 9.49. The Morgan fingerprint density at radius 2 is 1.95 bits per heavy atom. The number of carbonyl (C=O) groups is 1. The van der Waals surface area contributed by atoms with Gasteiger partial charge in [-0.1, -0.05) is 45.3 Å². The maximum Gasteiger partial charge on any atom is 0.152 e. The van der Waals surface area contributed by atoms with Gasteiger partial charge in [0.15, 0.2) is 5.78 Å². The lowest BCUT2D eigenvalue weighted by Gasteiger charge is -2.22. The van der Waals surface area contributed by atoms with Crippen LogP contribution in [0, 0.1) is 5.92 Å². The van der Waals surface area contributed by atoms with E-state index in [4.69, 9.17) is 0 Å². The highest BCUT2D eigenvalue weighted by Crippen LogP contribution is 2.22. The van der Waals surface area contributed by atoms with Gasteiger partial charge in [0.1, 0.15) is 0 Å². The number of hydrogen-bond donors (Lipinski definition) is 1. The normalized spacial score (nSPS) is 17.2. The highest BCUT2D eigenvalue weighted by Gasteiger charge is 2.17. The molecule has 0 fully saturated rings. The van der Waals surface area contributed by atoms with Crippen molar-refractivity contribution < 1.29 is 9.90 Å². The SMILES string of the molecule is CCC(C/C=C/C(C)=C/C(C)=O)CCCC(C)(O)CC. The second-order valence-electron chi connectivity index (χ2n) is 6.15. The molecule has 2 atom stereocenters. The van der Waals surface area contributed by atoms with Crippen LogP contribution in [0.4, 0.5) is 0 Å². The van der Waals surface area contributed by atoms with E-state index < -0.39 is 5.60 Å². The zero-order chi connectivity index (χ0) is 15.6. The summed E-state index contributed by atoms with van der Waals surface area (Å²) in [7, 11) is 0. The molecule has 116 valence electrons. The van der Waals surface area contributed by atoms with Gasteiger partial charge in [-0.05, 0) is 57.6 Å². The Balaban J connectivity index is 4.11. The van der Waals surface area contributed by atoms with Crippen LogP contribution >= 0.6 is 0 Å². The average molecular weight is 280 g/mol. The number of aliphatic hydroxyl groups is 1. The molecule has 0 amide bonds. The van der Waals surface area contributed by atoms with Crippen molar-refractivity contribution in [3.05, 3.63) is 23.8 Å². The molecule has 0 spiro atoms. The first kappa shape index (κ1) is 19.1.